The molecule has 2 aromatic rings. The Balaban J connectivity index is 1.88. The lowest BCUT2D eigenvalue weighted by Gasteiger charge is -2.37. The van der Waals surface area contributed by atoms with E-state index in [2.05, 4.69) is 16.9 Å². The van der Waals surface area contributed by atoms with Gasteiger partial charge in [0, 0.05) is 30.5 Å². The van der Waals surface area contributed by atoms with E-state index < -0.39 is 0 Å². The molecule has 3 rings (SSSR count). The third-order valence-corrected chi connectivity index (χ3v) is 4.29. The predicted octanol–water partition coefficient (Wildman–Crippen LogP) is 1.83. The van der Waals surface area contributed by atoms with Gasteiger partial charge in [-0.3, -0.25) is 14.8 Å². The number of nitrogens with zero attached hydrogens (tertiary/aromatic N) is 3. The molecule has 2 atom stereocenters. The van der Waals surface area contributed by atoms with Crippen molar-refractivity contribution in [1.82, 2.24) is 14.9 Å². The van der Waals surface area contributed by atoms with Gasteiger partial charge in [-0.15, -0.1) is 0 Å². The molecule has 0 aliphatic carbocycles. The molecule has 0 spiro atoms. The van der Waals surface area contributed by atoms with E-state index in [1.807, 2.05) is 23.1 Å². The van der Waals surface area contributed by atoms with Crippen molar-refractivity contribution in [3.8, 4) is 0 Å². The Kier molecular flexibility index (Phi) is 3.84. The van der Waals surface area contributed by atoms with E-state index in [0.717, 1.165) is 30.4 Å². The van der Waals surface area contributed by atoms with Gasteiger partial charge in [0.15, 0.2) is 0 Å². The van der Waals surface area contributed by atoms with Crippen LogP contribution in [0.4, 0.5) is 0 Å². The monoisotopic (exact) mass is 284 g/mol. The topological polar surface area (TPSA) is 72.1 Å². The fraction of sp³-hybridized carbons (Fsp3) is 0.438. The van der Waals surface area contributed by atoms with Crippen LogP contribution in [0.15, 0.2) is 30.6 Å². The number of hydrogen-bond acceptors (Lipinski definition) is 4. The van der Waals surface area contributed by atoms with E-state index in [-0.39, 0.29) is 11.9 Å². The molecule has 2 unspecified atom stereocenters. The lowest BCUT2D eigenvalue weighted by molar-refractivity contribution is 0.0567. The first-order valence-electron chi connectivity index (χ1n) is 7.41. The number of piperidine rings is 1. The Labute approximate surface area is 124 Å². The zero-order valence-electron chi connectivity index (χ0n) is 12.2. The standard InChI is InChI=1S/C16H20N4O/c1-11-2-3-12(9-17)10-20(11)16(21)13-4-5-14-15(8-13)19-7-6-18-14/h4-8,11-12H,2-3,9-10,17H2,1H3. The summed E-state index contributed by atoms with van der Waals surface area (Å²) in [5.74, 6) is 0.471. The van der Waals surface area contributed by atoms with E-state index in [1.54, 1.807) is 12.4 Å². The molecular formula is C16H20N4O. The Hall–Kier alpha value is -2.01. The highest BCUT2D eigenvalue weighted by molar-refractivity contribution is 5.97. The normalized spacial score (nSPS) is 22.5. The number of carbonyl (C=O) groups excluding carboxylic acids is 1. The summed E-state index contributed by atoms with van der Waals surface area (Å²) < 4.78 is 0. The van der Waals surface area contributed by atoms with Crippen molar-refractivity contribution < 1.29 is 4.79 Å². The van der Waals surface area contributed by atoms with Gasteiger partial charge in [0.05, 0.1) is 11.0 Å². The summed E-state index contributed by atoms with van der Waals surface area (Å²) in [6.45, 7) is 3.49. The van der Waals surface area contributed by atoms with Gasteiger partial charge < -0.3 is 10.6 Å². The summed E-state index contributed by atoms with van der Waals surface area (Å²) in [6.07, 6.45) is 5.42. The van der Waals surface area contributed by atoms with Gasteiger partial charge in [-0.05, 0) is 50.4 Å². The van der Waals surface area contributed by atoms with E-state index in [9.17, 15) is 4.79 Å². The molecule has 0 bridgehead atoms. The molecule has 1 amide bonds. The number of amides is 1. The molecule has 1 saturated heterocycles. The molecule has 0 saturated carbocycles. The minimum absolute atomic E-state index is 0.0632. The molecule has 110 valence electrons. The van der Waals surface area contributed by atoms with E-state index in [1.165, 1.54) is 0 Å². The first kappa shape index (κ1) is 13.9. The van der Waals surface area contributed by atoms with Gasteiger partial charge in [-0.2, -0.15) is 0 Å². The van der Waals surface area contributed by atoms with Crippen molar-refractivity contribution in [3.05, 3.63) is 36.2 Å². The van der Waals surface area contributed by atoms with Crippen molar-refractivity contribution in [1.29, 1.82) is 0 Å². The smallest absolute Gasteiger partial charge is 0.254 e. The van der Waals surface area contributed by atoms with Crippen molar-refractivity contribution >= 4 is 16.9 Å². The van der Waals surface area contributed by atoms with Crippen LogP contribution in [0.1, 0.15) is 30.1 Å². The molecule has 5 heteroatoms. The molecule has 2 N–H and O–H groups in total. The summed E-state index contributed by atoms with van der Waals surface area (Å²) in [7, 11) is 0. The molecule has 1 aromatic carbocycles. The third kappa shape index (κ3) is 2.74. The van der Waals surface area contributed by atoms with Crippen LogP contribution in [-0.4, -0.2) is 39.9 Å². The van der Waals surface area contributed by atoms with Crippen LogP contribution >= 0.6 is 0 Å². The zero-order chi connectivity index (χ0) is 14.8. The molecule has 1 fully saturated rings. The van der Waals surface area contributed by atoms with Crippen LogP contribution in [-0.2, 0) is 0 Å². The molecule has 1 aliphatic rings. The number of benzene rings is 1. The summed E-state index contributed by atoms with van der Waals surface area (Å²) in [4.78, 5) is 23.2. The maximum atomic E-state index is 12.8. The van der Waals surface area contributed by atoms with Gasteiger partial charge in [0.2, 0.25) is 0 Å². The minimum atomic E-state index is 0.0632. The molecule has 1 aliphatic heterocycles. The average molecular weight is 284 g/mol. The predicted molar refractivity (Wildman–Crippen MR) is 81.8 cm³/mol. The Morgan fingerprint density at radius 2 is 2.05 bits per heavy atom. The number of carbonyl (C=O) groups is 1. The second-order valence-electron chi connectivity index (χ2n) is 5.75. The number of fused-ring (bicyclic) bond motifs is 1. The number of hydrogen-bond donors (Lipinski definition) is 1. The maximum absolute atomic E-state index is 12.8. The van der Waals surface area contributed by atoms with Gasteiger partial charge >= 0.3 is 0 Å². The van der Waals surface area contributed by atoms with Crippen LogP contribution in [0.3, 0.4) is 0 Å². The summed E-state index contributed by atoms with van der Waals surface area (Å²) in [5.41, 5.74) is 8.00. The summed E-state index contributed by atoms with van der Waals surface area (Å²) >= 11 is 0. The highest BCUT2D eigenvalue weighted by Crippen LogP contribution is 2.23. The SMILES string of the molecule is CC1CCC(CN)CN1C(=O)c1ccc2nccnc2c1. The molecule has 5 nitrogen and oxygen atoms in total. The summed E-state index contributed by atoms with van der Waals surface area (Å²) in [5, 5.41) is 0. The Morgan fingerprint density at radius 3 is 2.81 bits per heavy atom. The quantitative estimate of drug-likeness (QED) is 0.913. The fourth-order valence-corrected chi connectivity index (χ4v) is 2.92. The molecular weight excluding hydrogens is 264 g/mol. The Morgan fingerprint density at radius 1 is 1.29 bits per heavy atom. The first-order valence-corrected chi connectivity index (χ1v) is 7.41. The second-order valence-corrected chi connectivity index (χ2v) is 5.75. The number of likely N-dealkylation sites (tertiary alicyclic amines) is 1. The van der Waals surface area contributed by atoms with Crippen molar-refractivity contribution in [2.45, 2.75) is 25.8 Å². The fourth-order valence-electron chi connectivity index (χ4n) is 2.92. The third-order valence-electron chi connectivity index (χ3n) is 4.29. The van der Waals surface area contributed by atoms with Crippen LogP contribution in [0.25, 0.3) is 11.0 Å². The van der Waals surface area contributed by atoms with Crippen LogP contribution in [0.2, 0.25) is 0 Å². The van der Waals surface area contributed by atoms with Gasteiger partial charge in [0.25, 0.3) is 5.91 Å². The van der Waals surface area contributed by atoms with Gasteiger partial charge in [-0.25, -0.2) is 0 Å². The van der Waals surface area contributed by atoms with Crippen LogP contribution in [0, 0.1) is 5.92 Å². The van der Waals surface area contributed by atoms with Gasteiger partial charge in [0.1, 0.15) is 0 Å². The van der Waals surface area contributed by atoms with Crippen LogP contribution < -0.4 is 5.73 Å². The first-order chi connectivity index (χ1) is 10.2. The largest absolute Gasteiger partial charge is 0.336 e. The lowest BCUT2D eigenvalue weighted by Crippen LogP contribution is -2.47. The van der Waals surface area contributed by atoms with E-state index >= 15 is 0 Å². The van der Waals surface area contributed by atoms with Crippen molar-refractivity contribution in [3.63, 3.8) is 0 Å². The summed E-state index contributed by atoms with van der Waals surface area (Å²) in [6, 6.07) is 5.77. The molecule has 2 heterocycles. The van der Waals surface area contributed by atoms with E-state index in [4.69, 9.17) is 5.73 Å². The molecule has 21 heavy (non-hydrogen) atoms. The van der Waals surface area contributed by atoms with Crippen molar-refractivity contribution in [2.24, 2.45) is 11.7 Å². The highest BCUT2D eigenvalue weighted by Gasteiger charge is 2.29. The molecule has 1 aromatic heterocycles. The lowest BCUT2D eigenvalue weighted by atomic mass is 9.93. The maximum Gasteiger partial charge on any atom is 0.254 e. The highest BCUT2D eigenvalue weighted by atomic mass is 16.2. The van der Waals surface area contributed by atoms with Crippen LogP contribution in [0.5, 0.6) is 0 Å². The average Bonchev–Trinajstić information content (AvgIpc) is 2.54. The second kappa shape index (κ2) is 5.77. The zero-order valence-corrected chi connectivity index (χ0v) is 12.2. The van der Waals surface area contributed by atoms with Crippen molar-refractivity contribution in [2.75, 3.05) is 13.1 Å². The molecule has 0 radical (unpaired) electrons. The van der Waals surface area contributed by atoms with Gasteiger partial charge in [-0.1, -0.05) is 0 Å². The van der Waals surface area contributed by atoms with E-state index in [0.29, 0.717) is 18.0 Å². The number of aromatic nitrogens is 2. The number of rotatable bonds is 2. The number of nitrogens with two attached hydrogens (primary N) is 1. The Bertz CT molecular complexity index is 658. The minimum Gasteiger partial charge on any atom is -0.336 e.